The molecule has 0 saturated carbocycles. The molecule has 1 saturated heterocycles. The lowest BCUT2D eigenvalue weighted by molar-refractivity contribution is -0.274. The van der Waals surface area contributed by atoms with Crippen LogP contribution in [-0.2, 0) is 49.5 Å². The fourth-order valence-electron chi connectivity index (χ4n) is 4.39. The van der Waals surface area contributed by atoms with Crippen LogP contribution in [0.3, 0.4) is 0 Å². The predicted molar refractivity (Wildman–Crippen MR) is 147 cm³/mol. The van der Waals surface area contributed by atoms with Crippen LogP contribution in [0.4, 0.5) is 0 Å². The van der Waals surface area contributed by atoms with E-state index in [9.17, 15) is 19.2 Å². The fourth-order valence-corrected chi connectivity index (χ4v) is 4.49. The van der Waals surface area contributed by atoms with Gasteiger partial charge in [0.2, 0.25) is 5.91 Å². The van der Waals surface area contributed by atoms with E-state index >= 15 is 0 Å². The smallest absolute Gasteiger partial charge is 0.325 e. The second kappa shape index (κ2) is 16.1. The number of aromatic nitrogens is 3. The quantitative estimate of drug-likeness (QED) is 0.0913. The lowest BCUT2D eigenvalue weighted by Gasteiger charge is -2.45. The molecular formula is C26H35N5O10S. The molecule has 0 radical (unpaired) electrons. The number of carbonyl (C=O) groups is 4. The Hall–Kier alpha value is -3.73. The molecule has 3 rings (SSSR count). The largest absolute Gasteiger partial charge is 0.497 e. The summed E-state index contributed by atoms with van der Waals surface area (Å²) in [6.07, 6.45) is -1.62. The third kappa shape index (κ3) is 9.68. The Labute approximate surface area is 248 Å². The van der Waals surface area contributed by atoms with Crippen LogP contribution in [0, 0.1) is 0 Å². The van der Waals surface area contributed by atoms with Crippen molar-refractivity contribution in [3.8, 4) is 17.0 Å². The number of ether oxygens (including phenoxy) is 5. The molecule has 0 aliphatic carbocycles. The minimum atomic E-state index is -1.15. The van der Waals surface area contributed by atoms with E-state index in [0.717, 1.165) is 5.56 Å². The van der Waals surface area contributed by atoms with Gasteiger partial charge >= 0.3 is 17.9 Å². The summed E-state index contributed by atoms with van der Waals surface area (Å²) < 4.78 is 30.0. The maximum atomic E-state index is 12.1. The Bertz CT molecular complexity index is 1210. The second-order valence-electron chi connectivity index (χ2n) is 9.36. The van der Waals surface area contributed by atoms with Crippen molar-refractivity contribution in [2.24, 2.45) is 0 Å². The lowest BCUT2D eigenvalue weighted by atomic mass is 9.95. The van der Waals surface area contributed by atoms with E-state index in [1.54, 1.807) is 25.4 Å². The van der Waals surface area contributed by atoms with Gasteiger partial charge < -0.3 is 33.8 Å². The van der Waals surface area contributed by atoms with E-state index in [1.807, 2.05) is 17.0 Å². The predicted octanol–water partition coefficient (Wildman–Crippen LogP) is 1.13. The maximum absolute atomic E-state index is 12.1. The van der Waals surface area contributed by atoms with Gasteiger partial charge in [-0.05, 0) is 37.1 Å². The number of thiol groups is 1. The highest BCUT2D eigenvalue weighted by molar-refractivity contribution is 7.77. The number of methoxy groups -OCH3 is 1. The van der Waals surface area contributed by atoms with Gasteiger partial charge in [0, 0.05) is 39.4 Å². The van der Waals surface area contributed by atoms with Crippen LogP contribution in [0.5, 0.6) is 5.75 Å². The van der Waals surface area contributed by atoms with Crippen LogP contribution in [-0.4, -0.2) is 83.2 Å². The zero-order valence-electron chi connectivity index (χ0n) is 23.7. The van der Waals surface area contributed by atoms with E-state index in [-0.39, 0.29) is 19.6 Å². The summed E-state index contributed by atoms with van der Waals surface area (Å²) in [5, 5.41) is 11.1. The van der Waals surface area contributed by atoms with Crippen LogP contribution >= 0.6 is 12.8 Å². The molecule has 5 atom stereocenters. The third-order valence-electron chi connectivity index (χ3n) is 6.13. The number of carbonyl (C=O) groups excluding carboxylic acids is 4. The highest BCUT2D eigenvalue weighted by Crippen LogP contribution is 2.29. The van der Waals surface area contributed by atoms with Crippen LogP contribution in [0.2, 0.25) is 0 Å². The molecule has 2 heterocycles. The van der Waals surface area contributed by atoms with E-state index in [0.29, 0.717) is 24.3 Å². The number of nitrogens with zero attached hydrogens (tertiary/aromatic N) is 3. The Morgan fingerprint density at radius 2 is 1.71 bits per heavy atom. The molecule has 1 aliphatic rings. The van der Waals surface area contributed by atoms with Gasteiger partial charge in [-0.15, -0.1) is 5.10 Å². The molecular weight excluding hydrogens is 574 g/mol. The van der Waals surface area contributed by atoms with Gasteiger partial charge in [0.05, 0.1) is 19.9 Å². The van der Waals surface area contributed by atoms with Crippen molar-refractivity contribution in [1.29, 1.82) is 0 Å². The first-order valence-electron chi connectivity index (χ1n) is 13.1. The number of benzene rings is 1. The van der Waals surface area contributed by atoms with Gasteiger partial charge in [0.25, 0.3) is 0 Å². The lowest BCUT2D eigenvalue weighted by Crippen LogP contribution is -2.66. The first kappa shape index (κ1) is 32.8. The summed E-state index contributed by atoms with van der Waals surface area (Å²) in [4.78, 5) is 54.5. The van der Waals surface area contributed by atoms with Gasteiger partial charge in [-0.2, -0.15) is 0 Å². The summed E-state index contributed by atoms with van der Waals surface area (Å²) >= 11 is 3.61. The number of hydrogen-bond acceptors (Lipinski definition) is 14. The highest BCUT2D eigenvalue weighted by Gasteiger charge is 2.51. The van der Waals surface area contributed by atoms with Gasteiger partial charge in [-0.25, -0.2) is 4.68 Å². The molecule has 16 heteroatoms. The number of hydrogen-bond donors (Lipinski definition) is 3. The summed E-state index contributed by atoms with van der Waals surface area (Å²) in [6, 6.07) is 6.24. The minimum Gasteiger partial charge on any atom is -0.497 e. The molecule has 1 aromatic heterocycles. The Balaban J connectivity index is 1.83. The van der Waals surface area contributed by atoms with E-state index < -0.39 is 54.5 Å². The number of rotatable bonds is 14. The Morgan fingerprint density at radius 3 is 2.33 bits per heavy atom. The van der Waals surface area contributed by atoms with Crippen molar-refractivity contribution in [3.63, 3.8) is 0 Å². The van der Waals surface area contributed by atoms with Gasteiger partial charge in [0.1, 0.15) is 23.6 Å². The number of esters is 2. The zero-order chi connectivity index (χ0) is 30.6. The molecule has 0 spiro atoms. The summed E-state index contributed by atoms with van der Waals surface area (Å²) in [5.74, 6) is -1.55. The van der Waals surface area contributed by atoms with Crippen LogP contribution in [0.1, 0.15) is 40.0 Å². The van der Waals surface area contributed by atoms with Crippen LogP contribution < -0.4 is 14.9 Å². The van der Waals surface area contributed by atoms with Crippen molar-refractivity contribution < 1.29 is 47.7 Å². The van der Waals surface area contributed by atoms with E-state index in [2.05, 4.69) is 33.3 Å². The van der Waals surface area contributed by atoms with Crippen LogP contribution in [0.25, 0.3) is 11.3 Å². The van der Waals surface area contributed by atoms with Gasteiger partial charge in [-0.3, -0.25) is 19.2 Å². The molecule has 42 heavy (non-hydrogen) atoms. The van der Waals surface area contributed by atoms with E-state index in [1.165, 1.54) is 25.5 Å². The normalized spacial score (nSPS) is 21.7. The first-order valence-corrected chi connectivity index (χ1v) is 13.6. The molecule has 2 N–H and O–H groups in total. The summed E-state index contributed by atoms with van der Waals surface area (Å²) in [7, 11) is 1.57. The standard InChI is InChI=1S/C26H35N5O10S/c1-15(32)27-23-25(39-17(3)34)24(38-16(2)33)21(40-26(23)37-12-6-5-7-22(35)41-30-42)14-31-13-20(28-29-31)18-8-10-19(36-4)11-9-18/h8-11,13,21,23-26,30,42H,5-7,12,14H2,1-4H3,(H,27,32)/t21?,23-,24-,25?,26+/m0/s1. The molecule has 1 aromatic carbocycles. The molecule has 2 aromatic rings. The summed E-state index contributed by atoms with van der Waals surface area (Å²) in [6.45, 7) is 3.86. The van der Waals surface area contributed by atoms with Crippen molar-refractivity contribution >= 4 is 36.6 Å². The fraction of sp³-hybridized carbons (Fsp3) is 0.538. The average Bonchev–Trinajstić information content (AvgIpc) is 3.40. The zero-order valence-corrected chi connectivity index (χ0v) is 24.6. The van der Waals surface area contributed by atoms with Gasteiger partial charge in [0.15, 0.2) is 18.5 Å². The van der Waals surface area contributed by atoms with E-state index in [4.69, 9.17) is 23.7 Å². The second-order valence-corrected chi connectivity index (χ2v) is 9.55. The Kier molecular flexibility index (Phi) is 12.5. The van der Waals surface area contributed by atoms with Crippen molar-refractivity contribution in [2.75, 3.05) is 13.7 Å². The maximum Gasteiger partial charge on any atom is 0.325 e. The van der Waals surface area contributed by atoms with Gasteiger partial charge in [-0.1, -0.05) is 22.9 Å². The minimum absolute atomic E-state index is 0.0358. The molecule has 230 valence electrons. The number of amides is 1. The number of unbranched alkanes of at least 4 members (excludes halogenated alkanes) is 1. The Morgan fingerprint density at radius 1 is 1.02 bits per heavy atom. The molecule has 0 bridgehead atoms. The topological polar surface area (TPSA) is 178 Å². The average molecular weight is 610 g/mol. The van der Waals surface area contributed by atoms with Crippen molar-refractivity contribution in [1.82, 2.24) is 25.2 Å². The summed E-state index contributed by atoms with van der Waals surface area (Å²) in [5.41, 5.74) is 1.37. The molecule has 1 fully saturated rings. The highest BCUT2D eigenvalue weighted by atomic mass is 32.1. The molecule has 1 aliphatic heterocycles. The molecule has 1 amide bonds. The van der Waals surface area contributed by atoms with Crippen molar-refractivity contribution in [3.05, 3.63) is 30.5 Å². The van der Waals surface area contributed by atoms with Crippen LogP contribution in [0.15, 0.2) is 30.5 Å². The molecule has 2 unspecified atom stereocenters. The first-order chi connectivity index (χ1) is 20.1. The SMILES string of the molecule is COc1ccc(-c2cn(CC3O[C@@H](OCCCCC(=O)ONS)[C@@H](NC(C)=O)C(OC(C)=O)[C@H]3OC(C)=O)nn2)cc1. The molecule has 15 nitrogen and oxygen atoms in total. The third-order valence-corrected chi connectivity index (χ3v) is 6.22. The monoisotopic (exact) mass is 609 g/mol. The van der Waals surface area contributed by atoms with Crippen molar-refractivity contribution in [2.45, 2.75) is 77.2 Å². The number of nitrogens with one attached hydrogen (secondary N) is 2.